The van der Waals surface area contributed by atoms with Gasteiger partial charge in [-0.2, -0.15) is 10.5 Å². The Labute approximate surface area is 138 Å². The molecule has 0 radical (unpaired) electrons. The number of thioether (sulfide) groups is 1. The molecule has 2 unspecified atom stereocenters. The van der Waals surface area contributed by atoms with Gasteiger partial charge in [0, 0.05) is 11.3 Å². The standard InChI is InChI=1S/C16H14N2O4S/c1-20-14-12(9-17)16(10-18,15(19)21-2)8-13(22-14)23-11-6-4-3-5-7-11/h3-7,13H,8H2,1-2H3. The van der Waals surface area contributed by atoms with Gasteiger partial charge in [-0.1, -0.05) is 30.0 Å². The molecule has 0 fully saturated rings. The maximum atomic E-state index is 12.2. The van der Waals surface area contributed by atoms with E-state index in [1.807, 2.05) is 42.5 Å². The van der Waals surface area contributed by atoms with Gasteiger partial charge in [-0.3, -0.25) is 0 Å². The minimum absolute atomic E-state index is 0.00844. The minimum atomic E-state index is -1.74. The van der Waals surface area contributed by atoms with Crippen LogP contribution < -0.4 is 0 Å². The lowest BCUT2D eigenvalue weighted by atomic mass is 9.78. The number of carbonyl (C=O) groups excluding carboxylic acids is 1. The van der Waals surface area contributed by atoms with E-state index in [1.54, 1.807) is 0 Å². The van der Waals surface area contributed by atoms with Gasteiger partial charge in [-0.15, -0.1) is 0 Å². The lowest BCUT2D eigenvalue weighted by Gasteiger charge is -2.33. The third-order valence-corrected chi connectivity index (χ3v) is 4.45. The highest BCUT2D eigenvalue weighted by molar-refractivity contribution is 7.99. The van der Waals surface area contributed by atoms with E-state index in [0.717, 1.165) is 4.90 Å². The molecule has 0 amide bonds. The van der Waals surface area contributed by atoms with E-state index >= 15 is 0 Å². The molecule has 1 aliphatic heterocycles. The largest absolute Gasteiger partial charge is 0.468 e. The van der Waals surface area contributed by atoms with Gasteiger partial charge in [0.1, 0.15) is 11.6 Å². The molecule has 0 N–H and O–H groups in total. The molecule has 0 aliphatic carbocycles. The van der Waals surface area contributed by atoms with Gasteiger partial charge < -0.3 is 14.2 Å². The zero-order valence-corrected chi connectivity index (χ0v) is 13.4. The fourth-order valence-electron chi connectivity index (χ4n) is 2.26. The van der Waals surface area contributed by atoms with Crippen LogP contribution in [0.4, 0.5) is 0 Å². The first kappa shape index (κ1) is 16.7. The second kappa shape index (κ2) is 7.08. The number of nitrogens with zero attached hydrogens (tertiary/aromatic N) is 2. The van der Waals surface area contributed by atoms with Crippen molar-refractivity contribution in [3.63, 3.8) is 0 Å². The quantitative estimate of drug-likeness (QED) is 0.783. The number of carbonyl (C=O) groups is 1. The first-order valence-corrected chi connectivity index (χ1v) is 7.56. The molecule has 0 saturated carbocycles. The van der Waals surface area contributed by atoms with Gasteiger partial charge in [0.25, 0.3) is 5.95 Å². The molecular formula is C16H14N2O4S. The van der Waals surface area contributed by atoms with Crippen LogP contribution in [0.5, 0.6) is 0 Å². The number of methoxy groups -OCH3 is 2. The fraction of sp³-hybridized carbons (Fsp3) is 0.312. The summed E-state index contributed by atoms with van der Waals surface area (Å²) in [4.78, 5) is 13.1. The van der Waals surface area contributed by atoms with E-state index in [-0.39, 0.29) is 17.9 Å². The molecule has 23 heavy (non-hydrogen) atoms. The Morgan fingerprint density at radius 1 is 1.35 bits per heavy atom. The second-order valence-corrected chi connectivity index (χ2v) is 5.90. The van der Waals surface area contributed by atoms with Gasteiger partial charge >= 0.3 is 5.97 Å². The van der Waals surface area contributed by atoms with Gasteiger partial charge in [-0.05, 0) is 12.1 Å². The van der Waals surface area contributed by atoms with Crippen molar-refractivity contribution >= 4 is 17.7 Å². The van der Waals surface area contributed by atoms with Crippen molar-refractivity contribution < 1.29 is 19.0 Å². The fourth-order valence-corrected chi connectivity index (χ4v) is 3.35. The van der Waals surface area contributed by atoms with Crippen molar-refractivity contribution in [2.75, 3.05) is 14.2 Å². The number of ether oxygens (including phenoxy) is 3. The van der Waals surface area contributed by atoms with E-state index in [0.29, 0.717) is 0 Å². The van der Waals surface area contributed by atoms with Crippen LogP contribution >= 0.6 is 11.8 Å². The minimum Gasteiger partial charge on any atom is -0.468 e. The second-order valence-electron chi connectivity index (χ2n) is 4.67. The zero-order valence-electron chi connectivity index (χ0n) is 12.6. The van der Waals surface area contributed by atoms with E-state index in [2.05, 4.69) is 0 Å². The average Bonchev–Trinajstić information content (AvgIpc) is 2.60. The Balaban J connectivity index is 2.42. The van der Waals surface area contributed by atoms with E-state index in [1.165, 1.54) is 26.0 Å². The van der Waals surface area contributed by atoms with Crippen molar-refractivity contribution in [2.45, 2.75) is 16.8 Å². The van der Waals surface area contributed by atoms with Crippen molar-refractivity contribution in [1.82, 2.24) is 0 Å². The molecule has 118 valence electrons. The molecule has 0 spiro atoms. The predicted octanol–water partition coefficient (Wildman–Crippen LogP) is 2.59. The van der Waals surface area contributed by atoms with Gasteiger partial charge in [0.05, 0.1) is 20.3 Å². The van der Waals surface area contributed by atoms with Crippen LogP contribution in [-0.4, -0.2) is 25.6 Å². The summed E-state index contributed by atoms with van der Waals surface area (Å²) in [5, 5.41) is 18.9. The summed E-state index contributed by atoms with van der Waals surface area (Å²) in [7, 11) is 2.50. The van der Waals surface area contributed by atoms with Crippen LogP contribution in [0.1, 0.15) is 6.42 Å². The van der Waals surface area contributed by atoms with Crippen LogP contribution in [0.15, 0.2) is 46.7 Å². The molecular weight excluding hydrogens is 316 g/mol. The Hall–Kier alpha value is -2.64. The summed E-state index contributed by atoms with van der Waals surface area (Å²) in [6.45, 7) is 0. The lowest BCUT2D eigenvalue weighted by molar-refractivity contribution is -0.150. The maximum absolute atomic E-state index is 12.2. The first-order chi connectivity index (χ1) is 11.1. The topological polar surface area (TPSA) is 92.3 Å². The highest BCUT2D eigenvalue weighted by Crippen LogP contribution is 2.45. The van der Waals surface area contributed by atoms with Gasteiger partial charge in [-0.25, -0.2) is 4.79 Å². The molecule has 2 rings (SSSR count). The third-order valence-electron chi connectivity index (χ3n) is 3.37. The van der Waals surface area contributed by atoms with Crippen LogP contribution in [-0.2, 0) is 19.0 Å². The smallest absolute Gasteiger partial charge is 0.332 e. The van der Waals surface area contributed by atoms with Crippen LogP contribution in [0, 0.1) is 28.1 Å². The van der Waals surface area contributed by atoms with Gasteiger partial charge in [0.2, 0.25) is 0 Å². The number of benzene rings is 1. The Bertz CT molecular complexity index is 705. The maximum Gasteiger partial charge on any atom is 0.332 e. The van der Waals surface area contributed by atoms with Crippen LogP contribution in [0.2, 0.25) is 0 Å². The van der Waals surface area contributed by atoms with Crippen LogP contribution in [0.25, 0.3) is 0 Å². The predicted molar refractivity (Wildman–Crippen MR) is 81.5 cm³/mol. The third kappa shape index (κ3) is 3.10. The molecule has 0 bridgehead atoms. The first-order valence-electron chi connectivity index (χ1n) is 6.68. The van der Waals surface area contributed by atoms with E-state index in [4.69, 9.17) is 14.2 Å². The molecule has 6 nitrogen and oxygen atoms in total. The van der Waals surface area contributed by atoms with Crippen molar-refractivity contribution in [1.29, 1.82) is 10.5 Å². The number of hydrogen-bond donors (Lipinski definition) is 0. The van der Waals surface area contributed by atoms with E-state index in [9.17, 15) is 15.3 Å². The Kier molecular flexibility index (Phi) is 5.15. The monoisotopic (exact) mass is 330 g/mol. The SMILES string of the molecule is COC(=O)C1(C#N)CC(Sc2ccccc2)OC(OC)=C1C#N. The summed E-state index contributed by atoms with van der Waals surface area (Å²) in [5.41, 5.74) is -2.47. The summed E-state index contributed by atoms with van der Waals surface area (Å²) in [5.74, 6) is -0.924. The number of esters is 1. The molecule has 1 aliphatic rings. The summed E-state index contributed by atoms with van der Waals surface area (Å²) >= 11 is 1.34. The molecule has 1 aromatic carbocycles. The average molecular weight is 330 g/mol. The zero-order chi connectivity index (χ0) is 16.9. The lowest BCUT2D eigenvalue weighted by Crippen LogP contribution is -2.40. The molecule has 1 aromatic rings. The summed E-state index contributed by atoms with van der Waals surface area (Å²) < 4.78 is 15.5. The van der Waals surface area contributed by atoms with Crippen LogP contribution in [0.3, 0.4) is 0 Å². The van der Waals surface area contributed by atoms with Crippen molar-refractivity contribution in [2.24, 2.45) is 5.41 Å². The molecule has 0 aromatic heterocycles. The van der Waals surface area contributed by atoms with Gasteiger partial charge in [0.15, 0.2) is 10.9 Å². The van der Waals surface area contributed by atoms with Crippen molar-refractivity contribution in [3.05, 3.63) is 41.9 Å². The Morgan fingerprint density at radius 2 is 2.04 bits per heavy atom. The summed E-state index contributed by atoms with van der Waals surface area (Å²) in [6.07, 6.45) is -0.00844. The normalized spacial score (nSPS) is 23.2. The molecule has 2 atom stereocenters. The Morgan fingerprint density at radius 3 is 2.57 bits per heavy atom. The molecule has 0 saturated heterocycles. The number of hydrogen-bond acceptors (Lipinski definition) is 7. The van der Waals surface area contributed by atoms with E-state index < -0.39 is 16.8 Å². The molecule has 1 heterocycles. The highest BCUT2D eigenvalue weighted by Gasteiger charge is 2.53. The highest BCUT2D eigenvalue weighted by atomic mass is 32.2. The number of nitriles is 2. The molecule has 7 heteroatoms. The van der Waals surface area contributed by atoms with Crippen molar-refractivity contribution in [3.8, 4) is 12.1 Å². The summed E-state index contributed by atoms with van der Waals surface area (Å²) in [6, 6.07) is 13.2. The number of rotatable bonds is 4.